The molecule has 0 amide bonds. The van der Waals surface area contributed by atoms with Gasteiger partial charge in [-0.2, -0.15) is 0 Å². The molecule has 0 aromatic rings. The topological polar surface area (TPSA) is 30.5 Å². The molecule has 0 heterocycles. The maximum Gasteiger partial charge on any atom is 0.0591 e. The summed E-state index contributed by atoms with van der Waals surface area (Å²) in [5.41, 5.74) is 0. The summed E-state index contributed by atoms with van der Waals surface area (Å²) in [6.07, 6.45) is 5.55. The second-order valence-corrected chi connectivity index (χ2v) is 3.97. The van der Waals surface area contributed by atoms with Gasteiger partial charge in [-0.15, -0.1) is 0 Å². The molecule has 3 heteroatoms. The van der Waals surface area contributed by atoms with Crippen LogP contribution in [0.4, 0.5) is 0 Å². The Hall–Kier alpha value is -0.120. The van der Waals surface area contributed by atoms with Gasteiger partial charge in [0.05, 0.1) is 13.2 Å². The second kappa shape index (κ2) is 8.21. The Kier molecular flexibility index (Phi) is 7.01. The van der Waals surface area contributed by atoms with Gasteiger partial charge in [0.15, 0.2) is 0 Å². The zero-order chi connectivity index (χ0) is 10.1. The molecule has 1 fully saturated rings. The van der Waals surface area contributed by atoms with E-state index < -0.39 is 0 Å². The molecule has 1 N–H and O–H groups in total. The van der Waals surface area contributed by atoms with E-state index >= 15 is 0 Å². The first kappa shape index (κ1) is 12.0. The molecule has 14 heavy (non-hydrogen) atoms. The lowest BCUT2D eigenvalue weighted by atomic mass is 10.1. The highest BCUT2D eigenvalue weighted by Crippen LogP contribution is 2.24. The Labute approximate surface area is 87.2 Å². The van der Waals surface area contributed by atoms with Crippen molar-refractivity contribution in [3.63, 3.8) is 0 Å². The number of hydrogen-bond acceptors (Lipinski definition) is 3. The van der Waals surface area contributed by atoms with Crippen LogP contribution < -0.4 is 5.32 Å². The molecule has 0 unspecified atom stereocenters. The molecule has 0 saturated heterocycles. The van der Waals surface area contributed by atoms with Crippen molar-refractivity contribution in [1.29, 1.82) is 0 Å². The molecule has 0 radical (unpaired) electrons. The van der Waals surface area contributed by atoms with E-state index in [9.17, 15) is 0 Å². The molecular weight excluding hydrogens is 178 g/mol. The molecule has 1 aliphatic rings. The Morgan fingerprint density at radius 3 is 2.57 bits per heavy atom. The van der Waals surface area contributed by atoms with Crippen molar-refractivity contribution in [2.45, 2.75) is 25.7 Å². The Morgan fingerprint density at radius 1 is 1.14 bits per heavy atom. The van der Waals surface area contributed by atoms with Gasteiger partial charge in [-0.1, -0.05) is 12.8 Å². The predicted molar refractivity (Wildman–Crippen MR) is 57.5 cm³/mol. The lowest BCUT2D eigenvalue weighted by molar-refractivity contribution is 0.101. The van der Waals surface area contributed by atoms with Crippen LogP contribution in [0.15, 0.2) is 0 Å². The largest absolute Gasteiger partial charge is 0.383 e. The van der Waals surface area contributed by atoms with Crippen LogP contribution in [-0.2, 0) is 9.47 Å². The number of nitrogens with one attached hydrogen (secondary N) is 1. The summed E-state index contributed by atoms with van der Waals surface area (Å²) in [4.78, 5) is 0. The van der Waals surface area contributed by atoms with Crippen molar-refractivity contribution < 1.29 is 9.47 Å². The first-order valence-electron chi connectivity index (χ1n) is 5.71. The fraction of sp³-hybridized carbons (Fsp3) is 1.00. The fourth-order valence-electron chi connectivity index (χ4n) is 1.87. The predicted octanol–water partition coefficient (Wildman–Crippen LogP) is 1.43. The lowest BCUT2D eigenvalue weighted by Crippen LogP contribution is -2.24. The van der Waals surface area contributed by atoms with Crippen LogP contribution in [0, 0.1) is 5.92 Å². The number of rotatable bonds is 8. The van der Waals surface area contributed by atoms with Gasteiger partial charge < -0.3 is 14.8 Å². The monoisotopic (exact) mass is 201 g/mol. The summed E-state index contributed by atoms with van der Waals surface area (Å²) >= 11 is 0. The first-order chi connectivity index (χ1) is 6.93. The van der Waals surface area contributed by atoms with E-state index in [4.69, 9.17) is 9.47 Å². The van der Waals surface area contributed by atoms with Gasteiger partial charge in [0, 0.05) is 26.8 Å². The summed E-state index contributed by atoms with van der Waals surface area (Å²) in [5.74, 6) is 0.842. The smallest absolute Gasteiger partial charge is 0.0591 e. The molecule has 84 valence electrons. The summed E-state index contributed by atoms with van der Waals surface area (Å²) in [7, 11) is 1.72. The minimum Gasteiger partial charge on any atom is -0.383 e. The minimum atomic E-state index is 0.780. The van der Waals surface area contributed by atoms with Crippen molar-refractivity contribution in [3.05, 3.63) is 0 Å². The van der Waals surface area contributed by atoms with Crippen molar-refractivity contribution in [2.24, 2.45) is 5.92 Å². The molecule has 0 spiro atoms. The van der Waals surface area contributed by atoms with Gasteiger partial charge in [0.2, 0.25) is 0 Å². The van der Waals surface area contributed by atoms with E-state index in [1.807, 2.05) is 0 Å². The molecule has 0 aromatic carbocycles. The van der Waals surface area contributed by atoms with Crippen LogP contribution in [0.5, 0.6) is 0 Å². The molecule has 0 aliphatic heterocycles. The van der Waals surface area contributed by atoms with Crippen molar-refractivity contribution >= 4 is 0 Å². The summed E-state index contributed by atoms with van der Waals surface area (Å²) in [6, 6.07) is 0. The quantitative estimate of drug-likeness (QED) is 0.603. The van der Waals surface area contributed by atoms with E-state index in [0.29, 0.717) is 0 Å². The van der Waals surface area contributed by atoms with Crippen LogP contribution in [0.2, 0.25) is 0 Å². The highest BCUT2D eigenvalue weighted by Gasteiger charge is 2.14. The van der Waals surface area contributed by atoms with Gasteiger partial charge in [-0.05, 0) is 18.8 Å². The summed E-state index contributed by atoms with van der Waals surface area (Å²) < 4.78 is 10.5. The number of hydrogen-bond donors (Lipinski definition) is 1. The van der Waals surface area contributed by atoms with Crippen molar-refractivity contribution in [1.82, 2.24) is 5.32 Å². The first-order valence-corrected chi connectivity index (χ1v) is 5.71. The van der Waals surface area contributed by atoms with Crippen LogP contribution in [0.3, 0.4) is 0 Å². The van der Waals surface area contributed by atoms with Crippen molar-refractivity contribution in [3.8, 4) is 0 Å². The van der Waals surface area contributed by atoms with Crippen LogP contribution in [0.25, 0.3) is 0 Å². The average molecular weight is 201 g/mol. The van der Waals surface area contributed by atoms with Crippen LogP contribution in [0.1, 0.15) is 25.7 Å². The number of ether oxygens (including phenoxy) is 2. The molecule has 0 bridgehead atoms. The van der Waals surface area contributed by atoms with Crippen molar-refractivity contribution in [2.75, 3.05) is 40.0 Å². The van der Waals surface area contributed by atoms with E-state index in [1.165, 1.54) is 25.7 Å². The Balaban J connectivity index is 1.75. The van der Waals surface area contributed by atoms with Gasteiger partial charge in [0.25, 0.3) is 0 Å². The molecule has 1 rings (SSSR count). The zero-order valence-electron chi connectivity index (χ0n) is 9.26. The van der Waals surface area contributed by atoms with E-state index in [-0.39, 0.29) is 0 Å². The highest BCUT2D eigenvalue weighted by atomic mass is 16.5. The van der Waals surface area contributed by atoms with Gasteiger partial charge in [-0.25, -0.2) is 0 Å². The van der Waals surface area contributed by atoms with Gasteiger partial charge >= 0.3 is 0 Å². The fourth-order valence-corrected chi connectivity index (χ4v) is 1.87. The Morgan fingerprint density at radius 2 is 1.86 bits per heavy atom. The molecule has 0 aromatic heterocycles. The minimum absolute atomic E-state index is 0.780. The second-order valence-electron chi connectivity index (χ2n) is 3.97. The van der Waals surface area contributed by atoms with Crippen LogP contribution in [-0.4, -0.2) is 40.0 Å². The van der Waals surface area contributed by atoms with Gasteiger partial charge in [0.1, 0.15) is 0 Å². The van der Waals surface area contributed by atoms with Gasteiger partial charge in [-0.3, -0.25) is 0 Å². The van der Waals surface area contributed by atoms with E-state index in [1.54, 1.807) is 7.11 Å². The molecular formula is C11H23NO2. The third-order valence-electron chi connectivity index (χ3n) is 2.73. The molecule has 3 nitrogen and oxygen atoms in total. The summed E-state index contributed by atoms with van der Waals surface area (Å²) in [6.45, 7) is 4.44. The molecule has 1 saturated carbocycles. The van der Waals surface area contributed by atoms with Crippen LogP contribution >= 0.6 is 0 Å². The average Bonchev–Trinajstić information content (AvgIpc) is 2.69. The summed E-state index contributed by atoms with van der Waals surface area (Å²) in [5, 5.41) is 3.26. The lowest BCUT2D eigenvalue weighted by Gasteiger charge is -2.10. The number of methoxy groups -OCH3 is 1. The SMILES string of the molecule is COCCNCCOCC1CCCC1. The molecule has 0 atom stereocenters. The molecule has 1 aliphatic carbocycles. The maximum absolute atomic E-state index is 5.59. The van der Waals surface area contributed by atoms with E-state index in [2.05, 4.69) is 5.32 Å². The zero-order valence-corrected chi connectivity index (χ0v) is 9.26. The maximum atomic E-state index is 5.59. The Bertz CT molecular complexity index is 124. The third kappa shape index (κ3) is 5.58. The third-order valence-corrected chi connectivity index (χ3v) is 2.73. The van der Waals surface area contributed by atoms with E-state index in [0.717, 1.165) is 38.8 Å². The highest BCUT2D eigenvalue weighted by molar-refractivity contribution is 4.66. The standard InChI is InChI=1S/C11H23NO2/c1-13-8-6-12-7-9-14-10-11-4-2-3-5-11/h11-12H,2-10H2,1H3. The normalized spacial score (nSPS) is 17.8.